The zero-order valence-electron chi connectivity index (χ0n) is 6.34. The van der Waals surface area contributed by atoms with E-state index in [-0.39, 0.29) is 6.10 Å². The van der Waals surface area contributed by atoms with E-state index >= 15 is 0 Å². The Balaban J connectivity index is 2.63. The Labute approximate surface area is 64.9 Å². The van der Waals surface area contributed by atoms with Crippen molar-refractivity contribution in [2.75, 3.05) is 0 Å². The highest BCUT2D eigenvalue weighted by Gasteiger charge is 2.38. The van der Waals surface area contributed by atoms with Gasteiger partial charge in [-0.1, -0.05) is 0 Å². The molecule has 0 aromatic rings. The third-order valence-corrected chi connectivity index (χ3v) is 2.03. The summed E-state index contributed by atoms with van der Waals surface area (Å²) in [6.45, 7) is 1.71. The van der Waals surface area contributed by atoms with Crippen molar-refractivity contribution in [2.24, 2.45) is 11.5 Å². The Morgan fingerprint density at radius 3 is 2.27 bits per heavy atom. The quantitative estimate of drug-likeness (QED) is 0.322. The maximum atomic E-state index is 9.15. The summed E-state index contributed by atoms with van der Waals surface area (Å²) in [5.74, 6) is 0. The molecule has 0 unspecified atom stereocenters. The molecule has 0 saturated carbocycles. The smallest absolute Gasteiger partial charge is 0.182 e. The van der Waals surface area contributed by atoms with Crippen molar-refractivity contribution in [1.82, 2.24) is 0 Å². The Kier molecular flexibility index (Phi) is 2.46. The van der Waals surface area contributed by atoms with Gasteiger partial charge in [-0.05, 0) is 6.92 Å². The molecular weight excluding hydrogens is 148 g/mol. The summed E-state index contributed by atoms with van der Waals surface area (Å²) in [6, 6.07) is -1.04. The van der Waals surface area contributed by atoms with Gasteiger partial charge in [-0.2, -0.15) is 0 Å². The summed E-state index contributed by atoms with van der Waals surface area (Å²) in [5.41, 5.74) is 11.0. The normalized spacial score (nSPS) is 52.6. The molecule has 11 heavy (non-hydrogen) atoms. The first-order chi connectivity index (χ1) is 5.04. The molecule has 0 aromatic heterocycles. The number of nitrogens with two attached hydrogens (primary N) is 2. The molecule has 6 N–H and O–H groups in total. The monoisotopic (exact) mass is 162 g/mol. The molecule has 0 amide bonds. The predicted octanol–water partition coefficient (Wildman–Crippen LogP) is -2.26. The fourth-order valence-electron chi connectivity index (χ4n) is 1.12. The predicted molar refractivity (Wildman–Crippen MR) is 38.5 cm³/mol. The van der Waals surface area contributed by atoms with E-state index in [1.165, 1.54) is 0 Å². The second kappa shape index (κ2) is 3.04. The topological polar surface area (TPSA) is 102 Å². The van der Waals surface area contributed by atoms with Crippen molar-refractivity contribution in [3.63, 3.8) is 0 Å². The van der Waals surface area contributed by atoms with E-state index in [1.54, 1.807) is 6.92 Å². The third-order valence-electron chi connectivity index (χ3n) is 2.03. The van der Waals surface area contributed by atoms with Crippen LogP contribution >= 0.6 is 0 Å². The van der Waals surface area contributed by atoms with Crippen LogP contribution in [0.2, 0.25) is 0 Å². The van der Waals surface area contributed by atoms with Crippen molar-refractivity contribution in [2.45, 2.75) is 37.5 Å². The highest BCUT2D eigenvalue weighted by molar-refractivity contribution is 4.92. The first-order valence-corrected chi connectivity index (χ1v) is 3.57. The molecule has 5 heteroatoms. The number of aliphatic hydroxyl groups excluding tert-OH is 2. The maximum Gasteiger partial charge on any atom is 0.182 e. The molecule has 5 nitrogen and oxygen atoms in total. The molecule has 0 radical (unpaired) electrons. The second-order valence-corrected chi connectivity index (χ2v) is 2.88. The standard InChI is InChI=1S/C6H14N2O3/c1-2-3(7)4(8)5(9)6(10)11-2/h2-6,9-10H,7-8H2,1H3/t2-,3-,4-,5+,6+/m1/s1. The van der Waals surface area contributed by atoms with Gasteiger partial charge in [0, 0.05) is 6.04 Å². The highest BCUT2D eigenvalue weighted by Crippen LogP contribution is 2.15. The average molecular weight is 162 g/mol. The molecule has 0 spiro atoms. The van der Waals surface area contributed by atoms with Gasteiger partial charge in [0.2, 0.25) is 0 Å². The lowest BCUT2D eigenvalue weighted by Crippen LogP contribution is -2.63. The second-order valence-electron chi connectivity index (χ2n) is 2.88. The third kappa shape index (κ3) is 1.52. The first kappa shape index (κ1) is 8.89. The van der Waals surface area contributed by atoms with Crippen LogP contribution in [-0.2, 0) is 4.74 Å². The summed E-state index contributed by atoms with van der Waals surface area (Å²) >= 11 is 0. The van der Waals surface area contributed by atoms with E-state index in [2.05, 4.69) is 0 Å². The summed E-state index contributed by atoms with van der Waals surface area (Å²) < 4.78 is 4.88. The van der Waals surface area contributed by atoms with E-state index in [0.29, 0.717) is 0 Å². The minimum atomic E-state index is -1.21. The van der Waals surface area contributed by atoms with E-state index in [4.69, 9.17) is 26.4 Å². The van der Waals surface area contributed by atoms with Crippen LogP contribution in [0.3, 0.4) is 0 Å². The van der Waals surface area contributed by atoms with Gasteiger partial charge in [0.1, 0.15) is 6.10 Å². The van der Waals surface area contributed by atoms with Crippen molar-refractivity contribution in [3.8, 4) is 0 Å². The van der Waals surface area contributed by atoms with Gasteiger partial charge in [0.25, 0.3) is 0 Å². The van der Waals surface area contributed by atoms with Crippen LogP contribution in [0, 0.1) is 0 Å². The zero-order valence-corrected chi connectivity index (χ0v) is 6.34. The summed E-state index contributed by atoms with van der Waals surface area (Å²) in [7, 11) is 0. The lowest BCUT2D eigenvalue weighted by molar-refractivity contribution is -0.222. The van der Waals surface area contributed by atoms with Crippen molar-refractivity contribution >= 4 is 0 Å². The van der Waals surface area contributed by atoms with Gasteiger partial charge in [-0.15, -0.1) is 0 Å². The molecule has 5 atom stereocenters. The van der Waals surface area contributed by atoms with Crippen LogP contribution in [-0.4, -0.2) is 40.8 Å². The molecule has 0 aliphatic carbocycles. The Bertz CT molecular complexity index is 130. The number of hydrogen-bond acceptors (Lipinski definition) is 5. The molecule has 1 saturated heterocycles. The van der Waals surface area contributed by atoms with E-state index in [1.807, 2.05) is 0 Å². The zero-order chi connectivity index (χ0) is 8.59. The van der Waals surface area contributed by atoms with Crippen LogP contribution in [0.4, 0.5) is 0 Å². The van der Waals surface area contributed by atoms with Crippen LogP contribution in [0.15, 0.2) is 0 Å². The van der Waals surface area contributed by atoms with E-state index < -0.39 is 24.5 Å². The Morgan fingerprint density at radius 1 is 1.18 bits per heavy atom. The highest BCUT2D eigenvalue weighted by atomic mass is 16.6. The molecule has 1 rings (SSSR count). The summed E-state index contributed by atoms with van der Waals surface area (Å²) in [4.78, 5) is 0. The maximum absolute atomic E-state index is 9.15. The van der Waals surface area contributed by atoms with Crippen molar-refractivity contribution in [3.05, 3.63) is 0 Å². The molecule has 66 valence electrons. The molecule has 1 aliphatic heterocycles. The Hall–Kier alpha value is -0.200. The van der Waals surface area contributed by atoms with Crippen LogP contribution in [0.5, 0.6) is 0 Å². The molecule has 0 aromatic carbocycles. The molecule has 1 heterocycles. The van der Waals surface area contributed by atoms with E-state index in [0.717, 1.165) is 0 Å². The molecule has 0 bridgehead atoms. The van der Waals surface area contributed by atoms with Crippen LogP contribution < -0.4 is 11.5 Å². The van der Waals surface area contributed by atoms with Gasteiger partial charge in [0.05, 0.1) is 12.1 Å². The van der Waals surface area contributed by atoms with Gasteiger partial charge in [-0.3, -0.25) is 0 Å². The number of ether oxygens (including phenoxy) is 1. The summed E-state index contributed by atoms with van der Waals surface area (Å²) in [6.07, 6.45) is -2.61. The van der Waals surface area contributed by atoms with Gasteiger partial charge < -0.3 is 26.4 Å². The van der Waals surface area contributed by atoms with Gasteiger partial charge >= 0.3 is 0 Å². The fourth-order valence-corrected chi connectivity index (χ4v) is 1.12. The van der Waals surface area contributed by atoms with Gasteiger partial charge in [-0.25, -0.2) is 0 Å². The minimum Gasteiger partial charge on any atom is -0.386 e. The van der Waals surface area contributed by atoms with Crippen LogP contribution in [0.1, 0.15) is 6.92 Å². The van der Waals surface area contributed by atoms with Gasteiger partial charge in [0.15, 0.2) is 6.29 Å². The molecule has 1 aliphatic rings. The number of aliphatic hydroxyl groups is 2. The van der Waals surface area contributed by atoms with Crippen molar-refractivity contribution < 1.29 is 14.9 Å². The fraction of sp³-hybridized carbons (Fsp3) is 1.00. The average Bonchev–Trinajstić information content (AvgIpc) is 1.97. The SMILES string of the molecule is C[C@H]1O[C@H](O)[C@@H](O)[C@H](N)[C@@H]1N. The first-order valence-electron chi connectivity index (χ1n) is 3.57. The number of rotatable bonds is 0. The van der Waals surface area contributed by atoms with Crippen molar-refractivity contribution in [1.29, 1.82) is 0 Å². The Morgan fingerprint density at radius 2 is 1.73 bits per heavy atom. The lowest BCUT2D eigenvalue weighted by atomic mass is 9.96. The van der Waals surface area contributed by atoms with E-state index in [9.17, 15) is 0 Å². The molecule has 1 fully saturated rings. The largest absolute Gasteiger partial charge is 0.386 e. The molecular formula is C6H14N2O3. The number of hydrogen-bond donors (Lipinski definition) is 4. The lowest BCUT2D eigenvalue weighted by Gasteiger charge is -2.38. The summed E-state index contributed by atoms with van der Waals surface area (Å²) in [5, 5.41) is 18.2. The van der Waals surface area contributed by atoms with Crippen LogP contribution in [0.25, 0.3) is 0 Å². The minimum absolute atomic E-state index is 0.316.